The van der Waals surface area contributed by atoms with Crippen LogP contribution in [0.2, 0.25) is 0 Å². The van der Waals surface area contributed by atoms with Gasteiger partial charge in [0.05, 0.1) is 6.54 Å². The highest BCUT2D eigenvalue weighted by atomic mass is 32.2. The van der Waals surface area contributed by atoms with Gasteiger partial charge in [-0.05, 0) is 23.6 Å². The van der Waals surface area contributed by atoms with E-state index in [1.54, 1.807) is 11.9 Å². The molecule has 0 aromatic heterocycles. The summed E-state index contributed by atoms with van der Waals surface area (Å²) in [5.74, 6) is 0. The second-order valence-electron chi connectivity index (χ2n) is 1.90. The predicted octanol–water partition coefficient (Wildman–Crippen LogP) is 1.81. The molecule has 0 fully saturated rings. The highest BCUT2D eigenvalue weighted by Crippen LogP contribution is 2.26. The molecule has 1 radical (unpaired) electrons. The van der Waals surface area contributed by atoms with E-state index in [4.69, 9.17) is 0 Å². The molecule has 0 atom stereocenters. The van der Waals surface area contributed by atoms with Crippen molar-refractivity contribution in [2.24, 2.45) is 0 Å². The largest absolute Gasteiger partial charge is 0.250 e. The number of rotatable bonds is 0. The molecule has 2 heteroatoms. The summed E-state index contributed by atoms with van der Waals surface area (Å²) in [5.41, 5.74) is 1.29. The first-order chi connectivity index (χ1) is 4.47. The van der Waals surface area contributed by atoms with Gasteiger partial charge in [-0.25, -0.2) is 0 Å². The van der Waals surface area contributed by atoms with Gasteiger partial charge in [0.1, 0.15) is 0 Å². The molecule has 1 aromatic carbocycles. The van der Waals surface area contributed by atoms with Gasteiger partial charge in [-0.1, -0.05) is 18.2 Å². The van der Waals surface area contributed by atoms with Crippen LogP contribution in [0.15, 0.2) is 29.2 Å². The molecule has 2 rings (SSSR count). The lowest BCUT2D eigenvalue weighted by molar-refractivity contribution is 1.26. The number of hydrogen-bond donors (Lipinski definition) is 1. The van der Waals surface area contributed by atoms with Crippen molar-refractivity contribution in [1.29, 1.82) is 0 Å². The van der Waals surface area contributed by atoms with Crippen molar-refractivity contribution in [2.75, 3.05) is 0 Å². The van der Waals surface area contributed by atoms with Crippen molar-refractivity contribution < 1.29 is 0 Å². The standard InChI is InChI=1S/C7H6NS/c1-2-4-7-6(3-1)5-8-9-7/h1-5,8H. The van der Waals surface area contributed by atoms with Crippen LogP contribution in [0.1, 0.15) is 5.56 Å². The molecule has 0 spiro atoms. The summed E-state index contributed by atoms with van der Waals surface area (Å²) < 4.78 is 3.08. The molecule has 0 saturated heterocycles. The van der Waals surface area contributed by atoms with Crippen LogP contribution in [0.4, 0.5) is 0 Å². The van der Waals surface area contributed by atoms with E-state index in [0.29, 0.717) is 0 Å². The van der Waals surface area contributed by atoms with E-state index >= 15 is 0 Å². The zero-order valence-electron chi connectivity index (χ0n) is 4.79. The van der Waals surface area contributed by atoms with Gasteiger partial charge >= 0.3 is 0 Å². The van der Waals surface area contributed by atoms with Gasteiger partial charge in [0.2, 0.25) is 0 Å². The Morgan fingerprint density at radius 2 is 2.11 bits per heavy atom. The van der Waals surface area contributed by atoms with E-state index in [9.17, 15) is 0 Å². The lowest BCUT2D eigenvalue weighted by Gasteiger charge is -1.89. The zero-order valence-corrected chi connectivity index (χ0v) is 5.61. The molecule has 0 bridgehead atoms. The molecular formula is C7H6NS. The van der Waals surface area contributed by atoms with Gasteiger partial charge < -0.3 is 0 Å². The van der Waals surface area contributed by atoms with Crippen LogP contribution in [-0.4, -0.2) is 0 Å². The first-order valence-corrected chi connectivity index (χ1v) is 3.63. The maximum Gasteiger partial charge on any atom is 0.0640 e. The molecule has 0 aliphatic carbocycles. The fourth-order valence-corrected chi connectivity index (χ4v) is 1.55. The van der Waals surface area contributed by atoms with Crippen LogP contribution in [0.25, 0.3) is 0 Å². The number of nitrogens with one attached hydrogen (secondary N) is 1. The fourth-order valence-electron chi connectivity index (χ4n) is 0.849. The van der Waals surface area contributed by atoms with Gasteiger partial charge in [0.25, 0.3) is 0 Å². The third kappa shape index (κ3) is 0.843. The summed E-state index contributed by atoms with van der Waals surface area (Å²) in [7, 11) is 0. The Bertz CT molecular complexity index is 199. The third-order valence-electron chi connectivity index (χ3n) is 1.30. The maximum absolute atomic E-state index is 3.08. The van der Waals surface area contributed by atoms with Gasteiger partial charge in [0, 0.05) is 4.90 Å². The molecule has 1 N–H and O–H groups in total. The van der Waals surface area contributed by atoms with Gasteiger partial charge in [-0.3, -0.25) is 4.72 Å². The van der Waals surface area contributed by atoms with Crippen molar-refractivity contribution in [3.05, 3.63) is 36.4 Å². The van der Waals surface area contributed by atoms with Crippen LogP contribution >= 0.6 is 11.9 Å². The summed E-state index contributed by atoms with van der Waals surface area (Å²) in [6, 6.07) is 8.30. The first kappa shape index (κ1) is 5.33. The van der Waals surface area contributed by atoms with E-state index in [-0.39, 0.29) is 0 Å². The molecule has 1 aliphatic rings. The minimum atomic E-state index is 1.29. The lowest BCUT2D eigenvalue weighted by Crippen LogP contribution is -1.87. The van der Waals surface area contributed by atoms with Crippen LogP contribution in [0, 0.1) is 6.54 Å². The highest BCUT2D eigenvalue weighted by Gasteiger charge is 2.08. The monoisotopic (exact) mass is 136 g/mol. The van der Waals surface area contributed by atoms with Crippen LogP contribution in [-0.2, 0) is 0 Å². The molecule has 1 heterocycles. The lowest BCUT2D eigenvalue weighted by atomic mass is 10.2. The normalized spacial score (nSPS) is 15.6. The molecule has 1 nitrogen and oxygen atoms in total. The van der Waals surface area contributed by atoms with Crippen molar-refractivity contribution in [3.8, 4) is 0 Å². The minimum Gasteiger partial charge on any atom is -0.250 e. The summed E-state index contributed by atoms with van der Waals surface area (Å²) in [6.07, 6.45) is 0. The average Bonchev–Trinajstić information content (AvgIpc) is 2.33. The van der Waals surface area contributed by atoms with Gasteiger partial charge in [-0.15, -0.1) is 0 Å². The van der Waals surface area contributed by atoms with E-state index in [2.05, 4.69) is 16.9 Å². The number of hydrogen-bond acceptors (Lipinski definition) is 2. The van der Waals surface area contributed by atoms with Crippen molar-refractivity contribution in [1.82, 2.24) is 4.72 Å². The van der Waals surface area contributed by atoms with E-state index < -0.39 is 0 Å². The zero-order chi connectivity index (χ0) is 6.10. The number of fused-ring (bicyclic) bond motifs is 1. The van der Waals surface area contributed by atoms with Crippen molar-refractivity contribution in [2.45, 2.75) is 4.90 Å². The molecule has 0 amide bonds. The smallest absolute Gasteiger partial charge is 0.0640 e. The molecule has 0 unspecified atom stereocenters. The molecule has 0 saturated carbocycles. The SMILES string of the molecule is [CH]1NSc2ccccc21. The van der Waals surface area contributed by atoms with Crippen LogP contribution < -0.4 is 4.72 Å². The van der Waals surface area contributed by atoms with Gasteiger partial charge in [-0.2, -0.15) is 0 Å². The topological polar surface area (TPSA) is 12.0 Å². The predicted molar refractivity (Wildman–Crippen MR) is 38.8 cm³/mol. The maximum atomic E-state index is 3.08. The van der Waals surface area contributed by atoms with E-state index in [0.717, 1.165) is 0 Å². The molecular weight excluding hydrogens is 130 g/mol. The Morgan fingerprint density at radius 3 is 3.00 bits per heavy atom. The van der Waals surface area contributed by atoms with E-state index in [1.165, 1.54) is 10.5 Å². The Kier molecular flexibility index (Phi) is 1.21. The Balaban J connectivity index is 2.54. The minimum absolute atomic E-state index is 1.29. The quantitative estimate of drug-likeness (QED) is 0.546. The second-order valence-corrected chi connectivity index (χ2v) is 2.78. The van der Waals surface area contributed by atoms with Crippen LogP contribution in [0.3, 0.4) is 0 Å². The second kappa shape index (κ2) is 2.05. The van der Waals surface area contributed by atoms with Crippen molar-refractivity contribution >= 4 is 11.9 Å². The highest BCUT2D eigenvalue weighted by molar-refractivity contribution is 7.97. The summed E-state index contributed by atoms with van der Waals surface area (Å²) >= 11 is 1.66. The average molecular weight is 136 g/mol. The molecule has 45 valence electrons. The summed E-state index contributed by atoms with van der Waals surface area (Å²) in [5, 5.41) is 0. The third-order valence-corrected chi connectivity index (χ3v) is 2.13. The molecule has 1 aliphatic heterocycles. The first-order valence-electron chi connectivity index (χ1n) is 2.81. The fraction of sp³-hybridized carbons (Fsp3) is 0. The van der Waals surface area contributed by atoms with Gasteiger partial charge in [0.15, 0.2) is 0 Å². The Labute approximate surface area is 58.6 Å². The Hall–Kier alpha value is -0.470. The van der Waals surface area contributed by atoms with Crippen LogP contribution in [0.5, 0.6) is 0 Å². The molecule has 9 heavy (non-hydrogen) atoms. The van der Waals surface area contributed by atoms with E-state index in [1.807, 2.05) is 18.7 Å². The van der Waals surface area contributed by atoms with Crippen molar-refractivity contribution in [3.63, 3.8) is 0 Å². The Morgan fingerprint density at radius 1 is 1.22 bits per heavy atom. The summed E-state index contributed by atoms with van der Waals surface area (Å²) in [4.78, 5) is 1.32. The molecule has 1 aromatic rings. The summed E-state index contributed by atoms with van der Waals surface area (Å²) in [6.45, 7) is 2.01. The number of benzene rings is 1.